The third-order valence-corrected chi connectivity index (χ3v) is 6.82. The standard InChI is InChI=1S/C24H32N2.C2H6/c1-17-3-7-19(8-4-17)20-11-13-22(14-12-20)24-25-15-23(16-26-24)21-9-5-18(2)6-10-21;1-2/h11-19,21H,3-10H2,1-2H3;1-2H3. The lowest BCUT2D eigenvalue weighted by Gasteiger charge is -2.26. The van der Waals surface area contributed by atoms with Crippen LogP contribution in [0.15, 0.2) is 36.7 Å². The molecule has 2 saturated carbocycles. The van der Waals surface area contributed by atoms with Crippen molar-refractivity contribution in [2.24, 2.45) is 11.8 Å². The molecule has 1 aromatic carbocycles. The number of benzene rings is 1. The lowest BCUT2D eigenvalue weighted by molar-refractivity contribution is 0.347. The molecule has 0 radical (unpaired) electrons. The van der Waals surface area contributed by atoms with Crippen molar-refractivity contribution >= 4 is 0 Å². The van der Waals surface area contributed by atoms with E-state index in [-0.39, 0.29) is 0 Å². The van der Waals surface area contributed by atoms with E-state index in [9.17, 15) is 0 Å². The van der Waals surface area contributed by atoms with Crippen LogP contribution in [-0.2, 0) is 0 Å². The van der Waals surface area contributed by atoms with Gasteiger partial charge in [-0.25, -0.2) is 9.97 Å². The summed E-state index contributed by atoms with van der Waals surface area (Å²) in [6.07, 6.45) is 14.8. The molecule has 2 nitrogen and oxygen atoms in total. The third kappa shape index (κ3) is 5.21. The Hall–Kier alpha value is -1.70. The van der Waals surface area contributed by atoms with Crippen LogP contribution in [0, 0.1) is 11.8 Å². The van der Waals surface area contributed by atoms with Crippen LogP contribution < -0.4 is 0 Å². The van der Waals surface area contributed by atoms with Crippen molar-refractivity contribution in [1.82, 2.24) is 9.97 Å². The quantitative estimate of drug-likeness (QED) is 0.545. The molecule has 0 atom stereocenters. The smallest absolute Gasteiger partial charge is 0.159 e. The first-order valence-electron chi connectivity index (χ1n) is 11.6. The van der Waals surface area contributed by atoms with E-state index < -0.39 is 0 Å². The molecule has 1 heterocycles. The first kappa shape index (κ1) is 21.0. The van der Waals surface area contributed by atoms with Crippen LogP contribution in [0.1, 0.15) is 102 Å². The van der Waals surface area contributed by atoms with E-state index in [2.05, 4.69) is 60.5 Å². The zero-order valence-electron chi connectivity index (χ0n) is 18.3. The summed E-state index contributed by atoms with van der Waals surface area (Å²) in [6.45, 7) is 8.75. The van der Waals surface area contributed by atoms with Crippen LogP contribution in [0.3, 0.4) is 0 Å². The third-order valence-electron chi connectivity index (χ3n) is 6.82. The molecule has 0 aliphatic heterocycles. The molecule has 2 fully saturated rings. The van der Waals surface area contributed by atoms with Gasteiger partial charge in [0.2, 0.25) is 0 Å². The topological polar surface area (TPSA) is 25.8 Å². The van der Waals surface area contributed by atoms with Crippen LogP contribution in [-0.4, -0.2) is 9.97 Å². The first-order chi connectivity index (χ1) is 13.7. The van der Waals surface area contributed by atoms with Crippen LogP contribution >= 0.6 is 0 Å². The molecule has 28 heavy (non-hydrogen) atoms. The van der Waals surface area contributed by atoms with Gasteiger partial charge < -0.3 is 0 Å². The van der Waals surface area contributed by atoms with Crippen LogP contribution in [0.2, 0.25) is 0 Å². The Kier molecular flexibility index (Phi) is 7.65. The summed E-state index contributed by atoms with van der Waals surface area (Å²) >= 11 is 0. The number of aromatic nitrogens is 2. The fourth-order valence-corrected chi connectivity index (χ4v) is 4.79. The minimum atomic E-state index is 0.663. The van der Waals surface area contributed by atoms with E-state index in [1.165, 1.54) is 62.5 Å². The Balaban J connectivity index is 0.00000109. The molecule has 0 N–H and O–H groups in total. The molecule has 4 rings (SSSR count). The van der Waals surface area contributed by atoms with Gasteiger partial charge in [-0.2, -0.15) is 0 Å². The molecule has 1 aromatic heterocycles. The Labute approximate surface area is 172 Å². The SMILES string of the molecule is CC.CC1CCC(c2ccc(-c3ncc(C4CCC(C)CC4)cn3)cc2)CC1. The molecule has 0 saturated heterocycles. The highest BCUT2D eigenvalue weighted by Crippen LogP contribution is 2.37. The van der Waals surface area contributed by atoms with Crippen molar-refractivity contribution in [3.8, 4) is 11.4 Å². The van der Waals surface area contributed by atoms with E-state index in [0.29, 0.717) is 5.92 Å². The average molecular weight is 379 g/mol. The van der Waals surface area contributed by atoms with Crippen molar-refractivity contribution in [1.29, 1.82) is 0 Å². The minimum Gasteiger partial charge on any atom is -0.236 e. The van der Waals surface area contributed by atoms with Gasteiger partial charge in [0, 0.05) is 18.0 Å². The van der Waals surface area contributed by atoms with Gasteiger partial charge in [-0.15, -0.1) is 0 Å². The lowest BCUT2D eigenvalue weighted by Crippen LogP contribution is -2.11. The highest BCUT2D eigenvalue weighted by atomic mass is 14.9. The first-order valence-corrected chi connectivity index (χ1v) is 11.6. The molecule has 2 aliphatic carbocycles. The van der Waals surface area contributed by atoms with Gasteiger partial charge in [0.25, 0.3) is 0 Å². The molecule has 2 heteroatoms. The van der Waals surface area contributed by atoms with Gasteiger partial charge in [0.05, 0.1) is 0 Å². The summed E-state index contributed by atoms with van der Waals surface area (Å²) in [5.41, 5.74) is 3.96. The van der Waals surface area contributed by atoms with Gasteiger partial charge in [-0.3, -0.25) is 0 Å². The van der Waals surface area contributed by atoms with E-state index in [0.717, 1.165) is 29.1 Å². The van der Waals surface area contributed by atoms with Crippen molar-refractivity contribution < 1.29 is 0 Å². The van der Waals surface area contributed by atoms with Gasteiger partial charge >= 0.3 is 0 Å². The maximum absolute atomic E-state index is 4.68. The predicted octanol–water partition coefficient (Wildman–Crippen LogP) is 7.76. The summed E-state index contributed by atoms with van der Waals surface area (Å²) in [5.74, 6) is 4.07. The number of rotatable bonds is 3. The van der Waals surface area contributed by atoms with Crippen molar-refractivity contribution in [3.63, 3.8) is 0 Å². The fourth-order valence-electron chi connectivity index (χ4n) is 4.79. The Bertz CT molecular complexity index is 625. The minimum absolute atomic E-state index is 0.663. The maximum Gasteiger partial charge on any atom is 0.159 e. The van der Waals surface area contributed by atoms with E-state index in [1.54, 1.807) is 0 Å². The summed E-state index contributed by atoms with van der Waals surface area (Å²) in [7, 11) is 0. The molecule has 0 unspecified atom stereocenters. The molecule has 2 aliphatic rings. The molecule has 2 aromatic rings. The average Bonchev–Trinajstić information content (AvgIpc) is 2.77. The summed E-state index contributed by atoms with van der Waals surface area (Å²) in [6, 6.07) is 9.03. The van der Waals surface area contributed by atoms with E-state index in [4.69, 9.17) is 0 Å². The molecular formula is C26H38N2. The van der Waals surface area contributed by atoms with Crippen LogP contribution in [0.25, 0.3) is 11.4 Å². The second-order valence-electron chi connectivity index (χ2n) is 8.88. The second-order valence-corrected chi connectivity index (χ2v) is 8.88. The van der Waals surface area contributed by atoms with E-state index >= 15 is 0 Å². The highest BCUT2D eigenvalue weighted by Gasteiger charge is 2.21. The molecule has 0 amide bonds. The van der Waals surface area contributed by atoms with Crippen molar-refractivity contribution in [2.45, 2.75) is 90.9 Å². The van der Waals surface area contributed by atoms with Gasteiger partial charge in [0.1, 0.15) is 0 Å². The monoisotopic (exact) mass is 378 g/mol. The summed E-state index contributed by atoms with van der Waals surface area (Å²) in [5, 5.41) is 0. The molecule has 0 spiro atoms. The maximum atomic E-state index is 4.68. The predicted molar refractivity (Wildman–Crippen MR) is 120 cm³/mol. The summed E-state index contributed by atoms with van der Waals surface area (Å²) < 4.78 is 0. The van der Waals surface area contributed by atoms with Gasteiger partial charge in [-0.05, 0) is 60.5 Å². The zero-order chi connectivity index (χ0) is 19.9. The zero-order valence-corrected chi connectivity index (χ0v) is 18.3. The molecule has 0 bridgehead atoms. The number of nitrogens with zero attached hydrogens (tertiary/aromatic N) is 2. The number of hydrogen-bond acceptors (Lipinski definition) is 2. The molecule has 152 valence electrons. The van der Waals surface area contributed by atoms with E-state index in [1.807, 2.05) is 13.8 Å². The van der Waals surface area contributed by atoms with Crippen LogP contribution in [0.4, 0.5) is 0 Å². The van der Waals surface area contributed by atoms with Crippen molar-refractivity contribution in [2.75, 3.05) is 0 Å². The Morgan fingerprint density at radius 2 is 1.04 bits per heavy atom. The Morgan fingerprint density at radius 3 is 1.50 bits per heavy atom. The molecular weight excluding hydrogens is 340 g/mol. The second kappa shape index (κ2) is 10.2. The fraction of sp³-hybridized carbons (Fsp3) is 0.615. The van der Waals surface area contributed by atoms with Crippen LogP contribution in [0.5, 0.6) is 0 Å². The van der Waals surface area contributed by atoms with Crippen molar-refractivity contribution in [3.05, 3.63) is 47.8 Å². The summed E-state index contributed by atoms with van der Waals surface area (Å²) in [4.78, 5) is 9.37. The lowest BCUT2D eigenvalue weighted by atomic mass is 9.79. The number of hydrogen-bond donors (Lipinski definition) is 0. The Morgan fingerprint density at radius 1 is 0.607 bits per heavy atom. The largest absolute Gasteiger partial charge is 0.236 e. The normalized spacial score (nSPS) is 27.6. The van der Waals surface area contributed by atoms with Gasteiger partial charge in [0.15, 0.2) is 5.82 Å². The van der Waals surface area contributed by atoms with Gasteiger partial charge in [-0.1, -0.05) is 77.6 Å². The highest BCUT2D eigenvalue weighted by molar-refractivity contribution is 5.55.